The van der Waals surface area contributed by atoms with Crippen LogP contribution in [0.25, 0.3) is 0 Å². The van der Waals surface area contributed by atoms with Gasteiger partial charge in [-0.05, 0) is 25.7 Å². The normalized spacial score (nSPS) is 25.3. The van der Waals surface area contributed by atoms with Gasteiger partial charge in [0, 0.05) is 45.1 Å². The van der Waals surface area contributed by atoms with Gasteiger partial charge in [-0.2, -0.15) is 0 Å². The molecule has 1 saturated carbocycles. The third-order valence-electron chi connectivity index (χ3n) is 5.06. The number of rotatable bonds is 7. The van der Waals surface area contributed by atoms with Gasteiger partial charge >= 0.3 is 5.97 Å². The van der Waals surface area contributed by atoms with E-state index in [1.165, 1.54) is 7.11 Å². The van der Waals surface area contributed by atoms with Crippen molar-refractivity contribution in [2.45, 2.75) is 51.0 Å². The highest BCUT2D eigenvalue weighted by atomic mass is 16.5. The van der Waals surface area contributed by atoms with Crippen LogP contribution in [-0.4, -0.2) is 60.6 Å². The first-order valence-corrected chi connectivity index (χ1v) is 8.85. The average molecular weight is 340 g/mol. The summed E-state index contributed by atoms with van der Waals surface area (Å²) in [4.78, 5) is 38.5. The standard InChI is InChI=1S/C17H28N2O5/c1-24-11-8-14(17(22)23)18-15(20)12-6-2-3-7-13(12)16(21)19-9-4-5-10-19/h12-14H,2-11H2,1H3,(H,18,20)(H,22,23). The van der Waals surface area contributed by atoms with Crippen LogP contribution < -0.4 is 5.32 Å². The topological polar surface area (TPSA) is 95.9 Å². The fraction of sp³-hybridized carbons (Fsp3) is 0.824. The van der Waals surface area contributed by atoms with Gasteiger partial charge in [-0.1, -0.05) is 12.8 Å². The second kappa shape index (κ2) is 9.01. The molecule has 24 heavy (non-hydrogen) atoms. The molecule has 1 aliphatic carbocycles. The van der Waals surface area contributed by atoms with Crippen molar-refractivity contribution in [1.29, 1.82) is 0 Å². The predicted octanol–water partition coefficient (Wildman–Crippen LogP) is 1.02. The first-order valence-electron chi connectivity index (χ1n) is 8.85. The van der Waals surface area contributed by atoms with Gasteiger partial charge in [-0.15, -0.1) is 0 Å². The molecule has 0 radical (unpaired) electrons. The zero-order chi connectivity index (χ0) is 17.5. The lowest BCUT2D eigenvalue weighted by molar-refractivity contribution is -0.146. The number of hydrogen-bond donors (Lipinski definition) is 2. The third-order valence-corrected chi connectivity index (χ3v) is 5.06. The van der Waals surface area contributed by atoms with Crippen LogP contribution in [0.4, 0.5) is 0 Å². The van der Waals surface area contributed by atoms with Crippen molar-refractivity contribution < 1.29 is 24.2 Å². The highest BCUT2D eigenvalue weighted by Gasteiger charge is 2.39. The molecule has 2 N–H and O–H groups in total. The molecule has 0 aromatic heterocycles. The number of amides is 2. The summed E-state index contributed by atoms with van der Waals surface area (Å²) in [5.41, 5.74) is 0. The minimum atomic E-state index is -1.07. The number of carboxylic acids is 1. The van der Waals surface area contributed by atoms with Gasteiger partial charge in [-0.25, -0.2) is 4.79 Å². The lowest BCUT2D eigenvalue weighted by atomic mass is 9.77. The molecule has 0 aromatic rings. The molecule has 3 atom stereocenters. The lowest BCUT2D eigenvalue weighted by Gasteiger charge is -2.33. The van der Waals surface area contributed by atoms with Crippen molar-refractivity contribution in [1.82, 2.24) is 10.2 Å². The van der Waals surface area contributed by atoms with E-state index in [1.807, 2.05) is 4.90 Å². The zero-order valence-corrected chi connectivity index (χ0v) is 14.3. The Morgan fingerprint density at radius 1 is 1.12 bits per heavy atom. The maximum atomic E-state index is 12.7. The maximum absolute atomic E-state index is 12.7. The molecule has 1 aliphatic heterocycles. The monoisotopic (exact) mass is 340 g/mol. The van der Waals surface area contributed by atoms with Gasteiger partial charge in [0.25, 0.3) is 0 Å². The fourth-order valence-electron chi connectivity index (χ4n) is 3.68. The van der Waals surface area contributed by atoms with Crippen LogP contribution in [0.5, 0.6) is 0 Å². The molecule has 7 heteroatoms. The summed E-state index contributed by atoms with van der Waals surface area (Å²) in [6.07, 6.45) is 5.46. The maximum Gasteiger partial charge on any atom is 0.326 e. The van der Waals surface area contributed by atoms with Crippen molar-refractivity contribution in [3.8, 4) is 0 Å². The molecule has 1 heterocycles. The molecule has 0 bridgehead atoms. The first-order chi connectivity index (χ1) is 11.5. The Morgan fingerprint density at radius 3 is 2.33 bits per heavy atom. The molecule has 2 amide bonds. The van der Waals surface area contributed by atoms with Crippen LogP contribution in [0.15, 0.2) is 0 Å². The summed E-state index contributed by atoms with van der Waals surface area (Å²) in [5.74, 6) is -2.05. The molecular formula is C17H28N2O5. The number of carbonyl (C=O) groups is 3. The molecule has 2 rings (SSSR count). The van der Waals surface area contributed by atoms with Crippen LogP contribution in [0.1, 0.15) is 44.9 Å². The van der Waals surface area contributed by atoms with Gasteiger partial charge in [0.2, 0.25) is 11.8 Å². The quantitative estimate of drug-likeness (QED) is 0.721. The Kier molecular flexibility index (Phi) is 7.02. The van der Waals surface area contributed by atoms with Crippen LogP contribution in [0.2, 0.25) is 0 Å². The molecule has 0 aromatic carbocycles. The van der Waals surface area contributed by atoms with E-state index < -0.39 is 17.9 Å². The van der Waals surface area contributed by atoms with Gasteiger partial charge in [0.05, 0.1) is 0 Å². The van der Waals surface area contributed by atoms with E-state index in [-0.39, 0.29) is 30.8 Å². The summed E-state index contributed by atoms with van der Waals surface area (Å²) < 4.78 is 4.90. The second-order valence-electron chi connectivity index (χ2n) is 6.71. The first kappa shape index (κ1) is 18.7. The molecule has 136 valence electrons. The van der Waals surface area contributed by atoms with Crippen LogP contribution in [0, 0.1) is 11.8 Å². The summed E-state index contributed by atoms with van der Waals surface area (Å²) in [7, 11) is 1.49. The van der Waals surface area contributed by atoms with Crippen LogP contribution in [0.3, 0.4) is 0 Å². The summed E-state index contributed by atoms with van der Waals surface area (Å²) in [6, 6.07) is -0.970. The van der Waals surface area contributed by atoms with Crippen molar-refractivity contribution in [2.75, 3.05) is 26.8 Å². The van der Waals surface area contributed by atoms with E-state index in [0.717, 1.165) is 38.8 Å². The SMILES string of the molecule is COCCC(NC(=O)C1CCCCC1C(=O)N1CCCC1)C(=O)O. The fourth-order valence-corrected chi connectivity index (χ4v) is 3.68. The number of carbonyl (C=O) groups excluding carboxylic acids is 2. The summed E-state index contributed by atoms with van der Waals surface area (Å²) >= 11 is 0. The Balaban J connectivity index is 2.01. The summed E-state index contributed by atoms with van der Waals surface area (Å²) in [5, 5.41) is 11.9. The van der Waals surface area contributed by atoms with Crippen LogP contribution >= 0.6 is 0 Å². The number of methoxy groups -OCH3 is 1. The number of nitrogens with one attached hydrogen (secondary N) is 1. The van der Waals surface area contributed by atoms with Crippen molar-refractivity contribution in [3.05, 3.63) is 0 Å². The second-order valence-corrected chi connectivity index (χ2v) is 6.71. The zero-order valence-electron chi connectivity index (χ0n) is 14.3. The van der Waals surface area contributed by atoms with Gasteiger partial charge in [0.15, 0.2) is 0 Å². The Labute approximate surface area is 142 Å². The van der Waals surface area contributed by atoms with E-state index in [1.54, 1.807) is 0 Å². The number of nitrogens with zero attached hydrogens (tertiary/aromatic N) is 1. The predicted molar refractivity (Wildman–Crippen MR) is 87.3 cm³/mol. The molecular weight excluding hydrogens is 312 g/mol. The number of likely N-dealkylation sites (tertiary alicyclic amines) is 1. The Bertz CT molecular complexity index is 462. The van der Waals surface area contributed by atoms with E-state index >= 15 is 0 Å². The van der Waals surface area contributed by atoms with Gasteiger partial charge in [-0.3, -0.25) is 9.59 Å². The van der Waals surface area contributed by atoms with Gasteiger partial charge in [0.1, 0.15) is 6.04 Å². The minimum Gasteiger partial charge on any atom is -0.480 e. The molecule has 1 saturated heterocycles. The smallest absolute Gasteiger partial charge is 0.326 e. The van der Waals surface area contributed by atoms with Crippen molar-refractivity contribution in [2.24, 2.45) is 11.8 Å². The highest BCUT2D eigenvalue weighted by Crippen LogP contribution is 2.32. The molecule has 7 nitrogen and oxygen atoms in total. The van der Waals surface area contributed by atoms with E-state index in [4.69, 9.17) is 4.74 Å². The molecule has 3 unspecified atom stereocenters. The van der Waals surface area contributed by atoms with E-state index in [0.29, 0.717) is 12.8 Å². The number of hydrogen-bond acceptors (Lipinski definition) is 4. The molecule has 0 spiro atoms. The van der Waals surface area contributed by atoms with Gasteiger partial charge < -0.3 is 20.1 Å². The molecule has 2 fully saturated rings. The van der Waals surface area contributed by atoms with E-state index in [2.05, 4.69) is 5.32 Å². The Hall–Kier alpha value is -1.63. The minimum absolute atomic E-state index is 0.0658. The Morgan fingerprint density at radius 2 is 1.75 bits per heavy atom. The van der Waals surface area contributed by atoms with Crippen LogP contribution in [-0.2, 0) is 19.1 Å². The summed E-state index contributed by atoms with van der Waals surface area (Å²) in [6.45, 7) is 1.81. The van der Waals surface area contributed by atoms with Crippen molar-refractivity contribution >= 4 is 17.8 Å². The van der Waals surface area contributed by atoms with E-state index in [9.17, 15) is 19.5 Å². The average Bonchev–Trinajstić information content (AvgIpc) is 3.12. The lowest BCUT2D eigenvalue weighted by Crippen LogP contribution is -2.49. The molecule has 2 aliphatic rings. The van der Waals surface area contributed by atoms with Crippen molar-refractivity contribution in [3.63, 3.8) is 0 Å². The number of aliphatic carboxylic acids is 1. The number of carboxylic acid groups (broad SMARTS) is 1. The highest BCUT2D eigenvalue weighted by molar-refractivity contribution is 5.90. The number of ether oxygens (including phenoxy) is 1. The third kappa shape index (κ3) is 4.69. The largest absolute Gasteiger partial charge is 0.480 e.